The van der Waals surface area contributed by atoms with Gasteiger partial charge in [-0.25, -0.2) is 0 Å². The molecule has 1 amide bonds. The molecule has 108 valence electrons. The second-order valence-corrected chi connectivity index (χ2v) is 5.60. The van der Waals surface area contributed by atoms with Crippen molar-refractivity contribution in [3.63, 3.8) is 0 Å². The minimum Gasteiger partial charge on any atom is -0.493 e. The van der Waals surface area contributed by atoms with Crippen molar-refractivity contribution in [3.05, 3.63) is 23.8 Å². The molecule has 1 aromatic rings. The summed E-state index contributed by atoms with van der Waals surface area (Å²) in [5.41, 5.74) is 2.61. The van der Waals surface area contributed by atoms with Crippen molar-refractivity contribution >= 4 is 11.6 Å². The number of hydrogen-bond acceptors (Lipinski definition) is 3. The van der Waals surface area contributed by atoms with E-state index in [1.165, 1.54) is 11.3 Å². The number of carbonyl (C=O) groups excluding carboxylic acids is 1. The monoisotopic (exact) mass is 274 g/mol. The van der Waals surface area contributed by atoms with Gasteiger partial charge < -0.3 is 15.0 Å². The molecule has 1 N–H and O–H groups in total. The van der Waals surface area contributed by atoms with Crippen LogP contribution in [0.5, 0.6) is 5.75 Å². The van der Waals surface area contributed by atoms with Gasteiger partial charge >= 0.3 is 0 Å². The van der Waals surface area contributed by atoms with E-state index in [1.807, 2.05) is 13.0 Å². The lowest BCUT2D eigenvalue weighted by Gasteiger charge is -2.21. The average molecular weight is 274 g/mol. The topological polar surface area (TPSA) is 41.6 Å². The zero-order valence-corrected chi connectivity index (χ0v) is 12.0. The molecule has 0 aliphatic carbocycles. The average Bonchev–Trinajstić information content (AvgIpc) is 3.06. The number of ether oxygens (including phenoxy) is 1. The highest BCUT2D eigenvalue weighted by Crippen LogP contribution is 2.35. The van der Waals surface area contributed by atoms with Crippen molar-refractivity contribution in [2.24, 2.45) is 0 Å². The highest BCUT2D eigenvalue weighted by Gasteiger charge is 2.27. The lowest BCUT2D eigenvalue weighted by Crippen LogP contribution is -2.37. The third-order valence-corrected chi connectivity index (χ3v) is 4.09. The van der Waals surface area contributed by atoms with Gasteiger partial charge in [0.25, 0.3) is 0 Å². The van der Waals surface area contributed by atoms with Crippen LogP contribution in [-0.2, 0) is 11.2 Å². The van der Waals surface area contributed by atoms with Crippen LogP contribution in [0.25, 0.3) is 0 Å². The van der Waals surface area contributed by atoms with E-state index in [-0.39, 0.29) is 11.9 Å². The maximum absolute atomic E-state index is 11.7. The Bertz CT molecular complexity index is 501. The predicted molar refractivity (Wildman–Crippen MR) is 79.3 cm³/mol. The molecular weight excluding hydrogens is 252 g/mol. The van der Waals surface area contributed by atoms with Gasteiger partial charge in [0.1, 0.15) is 5.75 Å². The maximum atomic E-state index is 11.7. The van der Waals surface area contributed by atoms with Gasteiger partial charge in [-0.05, 0) is 25.0 Å². The van der Waals surface area contributed by atoms with Gasteiger partial charge in [0.15, 0.2) is 0 Å². The van der Waals surface area contributed by atoms with E-state index in [0.717, 1.165) is 44.7 Å². The SMILES string of the molecule is CCCC(=O)NC1CCN(c2cccc3c2CCO3)C1. The molecule has 4 nitrogen and oxygen atoms in total. The Morgan fingerprint density at radius 2 is 2.40 bits per heavy atom. The Balaban J connectivity index is 1.66. The highest BCUT2D eigenvalue weighted by molar-refractivity contribution is 5.76. The third-order valence-electron chi connectivity index (χ3n) is 4.09. The molecule has 0 aromatic heterocycles. The number of anilines is 1. The van der Waals surface area contributed by atoms with E-state index in [2.05, 4.69) is 22.3 Å². The summed E-state index contributed by atoms with van der Waals surface area (Å²) in [7, 11) is 0. The first-order valence-electron chi connectivity index (χ1n) is 7.57. The maximum Gasteiger partial charge on any atom is 0.220 e. The minimum atomic E-state index is 0.181. The quantitative estimate of drug-likeness (QED) is 0.914. The smallest absolute Gasteiger partial charge is 0.220 e. The minimum absolute atomic E-state index is 0.181. The number of hydrogen-bond donors (Lipinski definition) is 1. The Morgan fingerprint density at radius 3 is 3.25 bits per heavy atom. The fraction of sp³-hybridized carbons (Fsp3) is 0.562. The fourth-order valence-corrected chi connectivity index (χ4v) is 3.12. The lowest BCUT2D eigenvalue weighted by molar-refractivity contribution is -0.121. The molecular formula is C16H22N2O2. The molecule has 4 heteroatoms. The molecule has 1 saturated heterocycles. The van der Waals surface area contributed by atoms with E-state index in [9.17, 15) is 4.79 Å². The summed E-state index contributed by atoms with van der Waals surface area (Å²) in [5, 5.41) is 3.14. The number of nitrogens with zero attached hydrogens (tertiary/aromatic N) is 1. The number of fused-ring (bicyclic) bond motifs is 1. The van der Waals surface area contributed by atoms with Crippen LogP contribution in [0.2, 0.25) is 0 Å². The molecule has 20 heavy (non-hydrogen) atoms. The second kappa shape index (κ2) is 5.73. The van der Waals surface area contributed by atoms with Crippen molar-refractivity contribution in [2.45, 2.75) is 38.6 Å². The number of benzene rings is 1. The molecule has 1 fully saturated rings. The van der Waals surface area contributed by atoms with Crippen LogP contribution in [-0.4, -0.2) is 31.6 Å². The summed E-state index contributed by atoms with van der Waals surface area (Å²) in [6, 6.07) is 6.56. The highest BCUT2D eigenvalue weighted by atomic mass is 16.5. The Kier molecular flexibility index (Phi) is 3.81. The van der Waals surface area contributed by atoms with E-state index in [0.29, 0.717) is 6.42 Å². The molecule has 0 radical (unpaired) electrons. The number of nitrogens with one attached hydrogen (secondary N) is 1. The standard InChI is InChI=1S/C16H22N2O2/c1-2-4-16(19)17-12-7-9-18(11-12)14-5-3-6-15-13(14)8-10-20-15/h3,5-6,12H,2,4,7-11H2,1H3,(H,17,19). The van der Waals surface area contributed by atoms with Crippen molar-refractivity contribution in [1.82, 2.24) is 5.32 Å². The van der Waals surface area contributed by atoms with Crippen LogP contribution in [0, 0.1) is 0 Å². The lowest BCUT2D eigenvalue weighted by atomic mass is 10.1. The number of rotatable bonds is 4. The molecule has 2 aliphatic rings. The molecule has 2 aliphatic heterocycles. The summed E-state index contributed by atoms with van der Waals surface area (Å²) in [6.07, 6.45) is 3.56. The van der Waals surface area contributed by atoms with Crippen LogP contribution in [0.1, 0.15) is 31.7 Å². The van der Waals surface area contributed by atoms with Gasteiger partial charge in [-0.3, -0.25) is 4.79 Å². The van der Waals surface area contributed by atoms with Gasteiger partial charge in [0.2, 0.25) is 5.91 Å². The van der Waals surface area contributed by atoms with Crippen molar-refractivity contribution in [3.8, 4) is 5.75 Å². The third kappa shape index (κ3) is 2.60. The van der Waals surface area contributed by atoms with E-state index in [1.54, 1.807) is 0 Å². The van der Waals surface area contributed by atoms with E-state index < -0.39 is 0 Å². The first kappa shape index (κ1) is 13.3. The largest absolute Gasteiger partial charge is 0.493 e. The Morgan fingerprint density at radius 1 is 1.50 bits per heavy atom. The molecule has 3 rings (SSSR count). The summed E-state index contributed by atoms with van der Waals surface area (Å²) in [4.78, 5) is 14.1. The zero-order valence-electron chi connectivity index (χ0n) is 12.0. The summed E-state index contributed by atoms with van der Waals surface area (Å²) in [5.74, 6) is 1.21. The van der Waals surface area contributed by atoms with Crippen LogP contribution in [0.3, 0.4) is 0 Å². The van der Waals surface area contributed by atoms with Crippen LogP contribution in [0.15, 0.2) is 18.2 Å². The predicted octanol–water partition coefficient (Wildman–Crippen LogP) is 2.12. The number of carbonyl (C=O) groups is 1. The molecule has 0 saturated carbocycles. The summed E-state index contributed by atoms with van der Waals surface area (Å²) < 4.78 is 5.63. The van der Waals surface area contributed by atoms with Gasteiger partial charge in [0.05, 0.1) is 6.61 Å². The molecule has 1 aromatic carbocycles. The van der Waals surface area contributed by atoms with Gasteiger partial charge in [-0.2, -0.15) is 0 Å². The van der Waals surface area contributed by atoms with E-state index in [4.69, 9.17) is 4.74 Å². The molecule has 1 atom stereocenters. The first-order chi connectivity index (χ1) is 9.78. The molecule has 1 unspecified atom stereocenters. The normalized spacial score (nSPS) is 20.6. The van der Waals surface area contributed by atoms with Crippen molar-refractivity contribution < 1.29 is 9.53 Å². The number of amides is 1. The van der Waals surface area contributed by atoms with Crippen molar-refractivity contribution in [1.29, 1.82) is 0 Å². The van der Waals surface area contributed by atoms with Gasteiger partial charge in [0, 0.05) is 43.2 Å². The molecule has 0 bridgehead atoms. The molecule has 0 spiro atoms. The van der Waals surface area contributed by atoms with Crippen LogP contribution in [0.4, 0.5) is 5.69 Å². The Labute approximate surface area is 120 Å². The Hall–Kier alpha value is -1.71. The summed E-state index contributed by atoms with van der Waals surface area (Å²) in [6.45, 7) is 4.74. The second-order valence-electron chi connectivity index (χ2n) is 5.60. The fourth-order valence-electron chi connectivity index (χ4n) is 3.12. The van der Waals surface area contributed by atoms with Crippen LogP contribution < -0.4 is 15.0 Å². The van der Waals surface area contributed by atoms with Crippen LogP contribution >= 0.6 is 0 Å². The molecule has 2 heterocycles. The van der Waals surface area contributed by atoms with Crippen molar-refractivity contribution in [2.75, 3.05) is 24.6 Å². The summed E-state index contributed by atoms with van der Waals surface area (Å²) >= 11 is 0. The van der Waals surface area contributed by atoms with Gasteiger partial charge in [-0.1, -0.05) is 13.0 Å². The van der Waals surface area contributed by atoms with Gasteiger partial charge in [-0.15, -0.1) is 0 Å². The first-order valence-corrected chi connectivity index (χ1v) is 7.57. The van der Waals surface area contributed by atoms with E-state index >= 15 is 0 Å². The zero-order chi connectivity index (χ0) is 13.9.